The first-order valence-corrected chi connectivity index (χ1v) is 9.43. The summed E-state index contributed by atoms with van der Waals surface area (Å²) in [6.07, 6.45) is 2.43. The number of nitrogens with zero attached hydrogens (tertiary/aromatic N) is 3. The van der Waals surface area contributed by atoms with Crippen LogP contribution in [0.15, 0.2) is 18.2 Å². The third-order valence-electron chi connectivity index (χ3n) is 4.40. The first-order chi connectivity index (χ1) is 12.6. The van der Waals surface area contributed by atoms with Crippen molar-refractivity contribution in [1.82, 2.24) is 9.36 Å². The van der Waals surface area contributed by atoms with Crippen LogP contribution in [-0.2, 0) is 16.0 Å². The van der Waals surface area contributed by atoms with Crippen molar-refractivity contribution < 1.29 is 14.3 Å². The summed E-state index contributed by atoms with van der Waals surface area (Å²) in [5.74, 6) is 1.38. The molecule has 0 aliphatic carbocycles. The fourth-order valence-corrected chi connectivity index (χ4v) is 3.85. The van der Waals surface area contributed by atoms with Crippen molar-refractivity contribution in [3.05, 3.63) is 29.6 Å². The van der Waals surface area contributed by atoms with Crippen molar-refractivity contribution in [2.75, 3.05) is 37.6 Å². The molecule has 1 saturated heterocycles. The zero-order valence-electron chi connectivity index (χ0n) is 15.3. The second-order valence-electron chi connectivity index (χ2n) is 6.28. The van der Waals surface area contributed by atoms with Crippen molar-refractivity contribution in [3.63, 3.8) is 0 Å². The third kappa shape index (κ3) is 4.13. The number of ether oxygens (including phenoxy) is 2. The predicted octanol–water partition coefficient (Wildman–Crippen LogP) is 2.65. The fourth-order valence-electron chi connectivity index (χ4n) is 3.06. The summed E-state index contributed by atoms with van der Waals surface area (Å²) in [7, 11) is 3.26. The molecule has 1 aromatic carbocycles. The number of rotatable bonds is 7. The van der Waals surface area contributed by atoms with Gasteiger partial charge in [-0.15, -0.1) is 0 Å². The van der Waals surface area contributed by atoms with Crippen LogP contribution in [0.3, 0.4) is 0 Å². The summed E-state index contributed by atoms with van der Waals surface area (Å²) in [6.45, 7) is 3.38. The first kappa shape index (κ1) is 18.6. The summed E-state index contributed by atoms with van der Waals surface area (Å²) < 4.78 is 14.8. The molecule has 1 aliphatic rings. The molecule has 1 aliphatic heterocycles. The van der Waals surface area contributed by atoms with E-state index in [0.717, 1.165) is 35.9 Å². The van der Waals surface area contributed by atoms with Gasteiger partial charge in [0, 0.05) is 31.6 Å². The molecule has 1 N–H and O–H groups in total. The van der Waals surface area contributed by atoms with Crippen LogP contribution in [0.5, 0.6) is 5.75 Å². The Kier molecular flexibility index (Phi) is 6.05. The Bertz CT molecular complexity index is 765. The minimum Gasteiger partial charge on any atom is -0.495 e. The number of aryl methyl sites for hydroxylation is 1. The van der Waals surface area contributed by atoms with Gasteiger partial charge in [0.15, 0.2) is 0 Å². The summed E-state index contributed by atoms with van der Waals surface area (Å²) in [5.41, 5.74) is 1.76. The standard InChI is InChI=1S/C18H24N4O3S/c1-12-6-7-15(25-3)13(11-12)19-17(23)14-5-4-9-22(14)18-20-16(21-26-18)8-10-24-2/h6-7,11,14H,4-5,8-10H2,1-3H3,(H,19,23). The van der Waals surface area contributed by atoms with Crippen molar-refractivity contribution in [2.45, 2.75) is 32.2 Å². The number of aromatic nitrogens is 2. The van der Waals surface area contributed by atoms with Crippen molar-refractivity contribution >= 4 is 28.3 Å². The maximum Gasteiger partial charge on any atom is 0.247 e. The van der Waals surface area contributed by atoms with Gasteiger partial charge >= 0.3 is 0 Å². The molecule has 3 rings (SSSR count). The lowest BCUT2D eigenvalue weighted by Gasteiger charge is -2.23. The van der Waals surface area contributed by atoms with E-state index >= 15 is 0 Å². The van der Waals surface area contributed by atoms with Gasteiger partial charge in [-0.05, 0) is 37.5 Å². The van der Waals surface area contributed by atoms with E-state index in [1.54, 1.807) is 14.2 Å². The van der Waals surface area contributed by atoms with E-state index in [4.69, 9.17) is 9.47 Å². The molecule has 0 spiro atoms. The van der Waals surface area contributed by atoms with Crippen LogP contribution >= 0.6 is 11.5 Å². The van der Waals surface area contributed by atoms with Gasteiger partial charge in [-0.2, -0.15) is 4.37 Å². The Morgan fingerprint density at radius 1 is 1.42 bits per heavy atom. The molecule has 2 heterocycles. The Labute approximate surface area is 157 Å². The lowest BCUT2D eigenvalue weighted by Crippen LogP contribution is -2.39. The Morgan fingerprint density at radius 3 is 3.04 bits per heavy atom. The van der Waals surface area contributed by atoms with Crippen LogP contribution in [0.2, 0.25) is 0 Å². The minimum atomic E-state index is -0.247. The molecule has 26 heavy (non-hydrogen) atoms. The number of hydrogen-bond donors (Lipinski definition) is 1. The minimum absolute atomic E-state index is 0.0416. The molecular weight excluding hydrogens is 352 g/mol. The molecule has 1 fully saturated rings. The molecule has 1 amide bonds. The third-order valence-corrected chi connectivity index (χ3v) is 5.19. The molecule has 0 saturated carbocycles. The number of methoxy groups -OCH3 is 2. The molecule has 0 bridgehead atoms. The summed E-state index contributed by atoms with van der Waals surface area (Å²) in [6, 6.07) is 5.50. The highest BCUT2D eigenvalue weighted by molar-refractivity contribution is 7.09. The van der Waals surface area contributed by atoms with E-state index in [2.05, 4.69) is 14.7 Å². The highest BCUT2D eigenvalue weighted by Gasteiger charge is 2.33. The Balaban J connectivity index is 1.72. The van der Waals surface area contributed by atoms with E-state index in [1.807, 2.05) is 30.0 Å². The van der Waals surface area contributed by atoms with E-state index < -0.39 is 0 Å². The van der Waals surface area contributed by atoms with Crippen LogP contribution in [0.25, 0.3) is 0 Å². The van der Waals surface area contributed by atoms with Gasteiger partial charge in [0.2, 0.25) is 11.0 Å². The average Bonchev–Trinajstić information content (AvgIpc) is 3.29. The normalized spacial score (nSPS) is 16.7. The number of benzene rings is 1. The number of nitrogens with one attached hydrogen (secondary N) is 1. The monoisotopic (exact) mass is 376 g/mol. The maximum absolute atomic E-state index is 12.9. The predicted molar refractivity (Wildman–Crippen MR) is 102 cm³/mol. The molecule has 7 nitrogen and oxygen atoms in total. The fraction of sp³-hybridized carbons (Fsp3) is 0.500. The van der Waals surface area contributed by atoms with Crippen LogP contribution in [0.1, 0.15) is 24.2 Å². The van der Waals surface area contributed by atoms with E-state index in [-0.39, 0.29) is 11.9 Å². The second kappa shape index (κ2) is 8.46. The highest BCUT2D eigenvalue weighted by Crippen LogP contribution is 2.30. The van der Waals surface area contributed by atoms with Crippen LogP contribution in [-0.4, -0.2) is 48.7 Å². The van der Waals surface area contributed by atoms with Crippen LogP contribution in [0.4, 0.5) is 10.8 Å². The van der Waals surface area contributed by atoms with Crippen molar-refractivity contribution in [1.29, 1.82) is 0 Å². The van der Waals surface area contributed by atoms with E-state index in [1.165, 1.54) is 11.5 Å². The van der Waals surface area contributed by atoms with E-state index in [0.29, 0.717) is 24.5 Å². The molecule has 8 heteroatoms. The molecule has 2 aromatic rings. The van der Waals surface area contributed by atoms with E-state index in [9.17, 15) is 4.79 Å². The summed E-state index contributed by atoms with van der Waals surface area (Å²) in [5, 5.41) is 3.81. The molecule has 1 unspecified atom stereocenters. The summed E-state index contributed by atoms with van der Waals surface area (Å²) >= 11 is 1.34. The second-order valence-corrected chi connectivity index (χ2v) is 7.01. The number of carbonyl (C=O) groups is 1. The zero-order valence-corrected chi connectivity index (χ0v) is 16.1. The van der Waals surface area contributed by atoms with Crippen molar-refractivity contribution in [2.24, 2.45) is 0 Å². The highest BCUT2D eigenvalue weighted by atomic mass is 32.1. The maximum atomic E-state index is 12.9. The molecule has 1 atom stereocenters. The van der Waals surface area contributed by atoms with Gasteiger partial charge in [-0.3, -0.25) is 4.79 Å². The van der Waals surface area contributed by atoms with Crippen LogP contribution in [0, 0.1) is 6.92 Å². The van der Waals surface area contributed by atoms with Gasteiger partial charge in [0.1, 0.15) is 17.6 Å². The number of hydrogen-bond acceptors (Lipinski definition) is 7. The zero-order chi connectivity index (χ0) is 18.5. The number of carbonyl (C=O) groups excluding carboxylic acids is 1. The molecule has 0 radical (unpaired) electrons. The SMILES string of the molecule is COCCc1nsc(N2CCCC2C(=O)Nc2cc(C)ccc2OC)n1. The van der Waals surface area contributed by atoms with Gasteiger partial charge in [-0.1, -0.05) is 6.07 Å². The Hall–Kier alpha value is -2.19. The largest absolute Gasteiger partial charge is 0.495 e. The quantitative estimate of drug-likeness (QED) is 0.801. The lowest BCUT2D eigenvalue weighted by atomic mass is 10.1. The number of amides is 1. The van der Waals surface area contributed by atoms with Gasteiger partial charge in [0.25, 0.3) is 0 Å². The van der Waals surface area contributed by atoms with Gasteiger partial charge in [-0.25, -0.2) is 4.98 Å². The van der Waals surface area contributed by atoms with Crippen LogP contribution < -0.4 is 15.0 Å². The Morgan fingerprint density at radius 2 is 2.27 bits per heavy atom. The first-order valence-electron chi connectivity index (χ1n) is 8.66. The average molecular weight is 376 g/mol. The number of anilines is 2. The molecule has 1 aromatic heterocycles. The lowest BCUT2D eigenvalue weighted by molar-refractivity contribution is -0.117. The molecular formula is C18H24N4O3S. The smallest absolute Gasteiger partial charge is 0.247 e. The van der Waals surface area contributed by atoms with Gasteiger partial charge < -0.3 is 19.7 Å². The van der Waals surface area contributed by atoms with Gasteiger partial charge in [0.05, 0.1) is 19.4 Å². The molecule has 140 valence electrons. The summed E-state index contributed by atoms with van der Waals surface area (Å²) in [4.78, 5) is 19.5. The topological polar surface area (TPSA) is 76.6 Å². The van der Waals surface area contributed by atoms with Crippen molar-refractivity contribution in [3.8, 4) is 5.75 Å².